The zero-order chi connectivity index (χ0) is 16.8. The molecular weight excluding hydrogens is 300 g/mol. The Kier molecular flexibility index (Phi) is 5.06. The van der Waals surface area contributed by atoms with Gasteiger partial charge in [0.2, 0.25) is 0 Å². The minimum absolute atomic E-state index is 0.317. The number of aromatic nitrogens is 2. The highest BCUT2D eigenvalue weighted by molar-refractivity contribution is 5.90. The number of nitrogens with zero attached hydrogens (tertiary/aromatic N) is 2. The van der Waals surface area contributed by atoms with Gasteiger partial charge in [0.15, 0.2) is 0 Å². The van der Waals surface area contributed by atoms with Gasteiger partial charge in [-0.3, -0.25) is 0 Å². The van der Waals surface area contributed by atoms with E-state index in [0.29, 0.717) is 18.6 Å². The summed E-state index contributed by atoms with van der Waals surface area (Å²) in [6.07, 6.45) is 3.16. The summed E-state index contributed by atoms with van der Waals surface area (Å²) in [4.78, 5) is 12.2. The van der Waals surface area contributed by atoms with Gasteiger partial charge in [-0.2, -0.15) is 5.10 Å². The molecule has 4 nitrogen and oxygen atoms in total. The SMILES string of the molecule is CCOC(=O)c1cnn(-c2ccccc2)c1CCc1ccccc1. The lowest BCUT2D eigenvalue weighted by atomic mass is 10.1. The number of ether oxygens (including phenoxy) is 1. The Morgan fingerprint density at radius 1 is 1.00 bits per heavy atom. The number of hydrogen-bond acceptors (Lipinski definition) is 3. The largest absolute Gasteiger partial charge is 0.462 e. The van der Waals surface area contributed by atoms with Crippen LogP contribution in [0.5, 0.6) is 0 Å². The minimum Gasteiger partial charge on any atom is -0.462 e. The smallest absolute Gasteiger partial charge is 0.341 e. The monoisotopic (exact) mass is 320 g/mol. The quantitative estimate of drug-likeness (QED) is 0.648. The maximum absolute atomic E-state index is 12.2. The van der Waals surface area contributed by atoms with Gasteiger partial charge in [0.05, 0.1) is 24.2 Å². The second kappa shape index (κ2) is 7.59. The van der Waals surface area contributed by atoms with Crippen molar-refractivity contribution in [1.82, 2.24) is 9.78 Å². The number of aryl methyl sites for hydroxylation is 1. The molecule has 0 atom stereocenters. The van der Waals surface area contributed by atoms with E-state index in [1.54, 1.807) is 6.20 Å². The van der Waals surface area contributed by atoms with E-state index < -0.39 is 0 Å². The van der Waals surface area contributed by atoms with E-state index in [4.69, 9.17) is 4.74 Å². The molecule has 24 heavy (non-hydrogen) atoms. The summed E-state index contributed by atoms with van der Waals surface area (Å²) in [5.74, 6) is -0.317. The highest BCUT2D eigenvalue weighted by Crippen LogP contribution is 2.18. The minimum atomic E-state index is -0.317. The van der Waals surface area contributed by atoms with Gasteiger partial charge in [0, 0.05) is 0 Å². The molecular formula is C20H20N2O2. The highest BCUT2D eigenvalue weighted by atomic mass is 16.5. The Balaban J connectivity index is 1.93. The van der Waals surface area contributed by atoms with E-state index >= 15 is 0 Å². The van der Waals surface area contributed by atoms with Crippen molar-refractivity contribution in [3.63, 3.8) is 0 Å². The molecule has 1 heterocycles. The zero-order valence-corrected chi connectivity index (χ0v) is 13.7. The van der Waals surface area contributed by atoms with Gasteiger partial charge in [0.25, 0.3) is 0 Å². The molecule has 0 aliphatic rings. The molecule has 0 spiro atoms. The summed E-state index contributed by atoms with van der Waals surface area (Å²) < 4.78 is 7.01. The summed E-state index contributed by atoms with van der Waals surface area (Å²) in [5.41, 5.74) is 3.59. The molecule has 3 aromatic rings. The lowest BCUT2D eigenvalue weighted by molar-refractivity contribution is 0.0525. The molecule has 0 N–H and O–H groups in total. The first-order chi connectivity index (χ1) is 11.8. The average molecular weight is 320 g/mol. The molecule has 4 heteroatoms. The van der Waals surface area contributed by atoms with Crippen LogP contribution in [0.3, 0.4) is 0 Å². The number of carbonyl (C=O) groups excluding carboxylic acids is 1. The average Bonchev–Trinajstić information content (AvgIpc) is 3.06. The van der Waals surface area contributed by atoms with E-state index in [1.807, 2.05) is 60.1 Å². The first-order valence-electron chi connectivity index (χ1n) is 8.13. The number of hydrogen-bond donors (Lipinski definition) is 0. The van der Waals surface area contributed by atoms with Gasteiger partial charge in [-0.05, 0) is 37.5 Å². The fourth-order valence-electron chi connectivity index (χ4n) is 2.69. The van der Waals surface area contributed by atoms with Crippen LogP contribution in [0, 0.1) is 0 Å². The predicted octanol–water partition coefficient (Wildman–Crippen LogP) is 3.83. The molecule has 0 amide bonds. The van der Waals surface area contributed by atoms with Crippen LogP contribution >= 0.6 is 0 Å². The van der Waals surface area contributed by atoms with Crippen LogP contribution in [0.1, 0.15) is 28.5 Å². The molecule has 0 saturated carbocycles. The molecule has 0 radical (unpaired) electrons. The Bertz CT molecular complexity index is 795. The number of rotatable bonds is 6. The molecule has 122 valence electrons. The standard InChI is InChI=1S/C20H20N2O2/c1-2-24-20(23)18-15-21-22(17-11-7-4-8-12-17)19(18)14-13-16-9-5-3-6-10-16/h3-12,15H,2,13-14H2,1H3. The second-order valence-electron chi connectivity index (χ2n) is 5.46. The summed E-state index contributed by atoms with van der Waals surface area (Å²) in [7, 11) is 0. The van der Waals surface area contributed by atoms with Gasteiger partial charge >= 0.3 is 5.97 Å². The Hall–Kier alpha value is -2.88. The van der Waals surface area contributed by atoms with E-state index in [1.165, 1.54) is 5.56 Å². The van der Waals surface area contributed by atoms with Crippen LogP contribution in [-0.2, 0) is 17.6 Å². The predicted molar refractivity (Wildman–Crippen MR) is 93.4 cm³/mol. The third kappa shape index (κ3) is 3.54. The van der Waals surface area contributed by atoms with Crippen molar-refractivity contribution >= 4 is 5.97 Å². The number of esters is 1. The fraction of sp³-hybridized carbons (Fsp3) is 0.200. The first kappa shape index (κ1) is 16.0. The molecule has 0 aliphatic heterocycles. The van der Waals surface area contributed by atoms with Crippen molar-refractivity contribution in [1.29, 1.82) is 0 Å². The van der Waals surface area contributed by atoms with E-state index in [-0.39, 0.29) is 5.97 Å². The number of benzene rings is 2. The first-order valence-corrected chi connectivity index (χ1v) is 8.13. The maximum Gasteiger partial charge on any atom is 0.341 e. The van der Waals surface area contributed by atoms with Crippen molar-refractivity contribution in [2.24, 2.45) is 0 Å². The van der Waals surface area contributed by atoms with Gasteiger partial charge in [0.1, 0.15) is 5.56 Å². The fourth-order valence-corrected chi connectivity index (χ4v) is 2.69. The van der Waals surface area contributed by atoms with Crippen molar-refractivity contribution in [2.45, 2.75) is 19.8 Å². The van der Waals surface area contributed by atoms with E-state index in [9.17, 15) is 4.79 Å². The van der Waals surface area contributed by atoms with Crippen LogP contribution in [-0.4, -0.2) is 22.4 Å². The molecule has 0 aliphatic carbocycles. The van der Waals surface area contributed by atoms with Crippen LogP contribution in [0.15, 0.2) is 66.9 Å². The highest BCUT2D eigenvalue weighted by Gasteiger charge is 2.19. The molecule has 3 rings (SSSR count). The molecule has 0 saturated heterocycles. The molecule has 0 unspecified atom stereocenters. The molecule has 1 aromatic heterocycles. The summed E-state index contributed by atoms with van der Waals surface area (Å²) in [6.45, 7) is 2.16. The summed E-state index contributed by atoms with van der Waals surface area (Å²) >= 11 is 0. The van der Waals surface area contributed by atoms with Crippen molar-refractivity contribution in [2.75, 3.05) is 6.61 Å². The van der Waals surface area contributed by atoms with Crippen LogP contribution < -0.4 is 0 Å². The van der Waals surface area contributed by atoms with Crippen LogP contribution in [0.2, 0.25) is 0 Å². The van der Waals surface area contributed by atoms with Crippen molar-refractivity contribution < 1.29 is 9.53 Å². The third-order valence-electron chi connectivity index (χ3n) is 3.86. The Morgan fingerprint density at radius 2 is 1.67 bits per heavy atom. The molecule has 0 fully saturated rings. The van der Waals surface area contributed by atoms with E-state index in [0.717, 1.165) is 17.8 Å². The number of para-hydroxylation sites is 1. The summed E-state index contributed by atoms with van der Waals surface area (Å²) in [5, 5.41) is 4.42. The van der Waals surface area contributed by atoms with Crippen molar-refractivity contribution in [3.8, 4) is 5.69 Å². The Labute approximate surface area is 141 Å². The lowest BCUT2D eigenvalue weighted by Gasteiger charge is -2.10. The maximum atomic E-state index is 12.2. The number of carbonyl (C=O) groups is 1. The second-order valence-corrected chi connectivity index (χ2v) is 5.46. The summed E-state index contributed by atoms with van der Waals surface area (Å²) in [6, 6.07) is 20.1. The lowest BCUT2D eigenvalue weighted by Crippen LogP contribution is -2.10. The van der Waals surface area contributed by atoms with Crippen LogP contribution in [0.4, 0.5) is 0 Å². The molecule has 0 bridgehead atoms. The van der Waals surface area contributed by atoms with E-state index in [2.05, 4.69) is 17.2 Å². The van der Waals surface area contributed by atoms with Gasteiger partial charge in [-0.15, -0.1) is 0 Å². The third-order valence-corrected chi connectivity index (χ3v) is 3.86. The van der Waals surface area contributed by atoms with Gasteiger partial charge < -0.3 is 4.74 Å². The van der Waals surface area contributed by atoms with Crippen molar-refractivity contribution in [3.05, 3.63) is 83.7 Å². The van der Waals surface area contributed by atoms with Gasteiger partial charge in [-0.25, -0.2) is 9.48 Å². The molecule has 2 aromatic carbocycles. The zero-order valence-electron chi connectivity index (χ0n) is 13.7. The normalized spacial score (nSPS) is 10.5. The Morgan fingerprint density at radius 3 is 2.33 bits per heavy atom. The van der Waals surface area contributed by atoms with Gasteiger partial charge in [-0.1, -0.05) is 48.5 Å². The van der Waals surface area contributed by atoms with Crippen LogP contribution in [0.25, 0.3) is 5.69 Å². The topological polar surface area (TPSA) is 44.1 Å².